The van der Waals surface area contributed by atoms with Crippen LogP contribution in [0.1, 0.15) is 81.6 Å². The van der Waals surface area contributed by atoms with E-state index in [1.165, 1.54) is 5.57 Å². The summed E-state index contributed by atoms with van der Waals surface area (Å²) in [5.41, 5.74) is 0.429. The molecule has 0 amide bonds. The third-order valence-corrected chi connectivity index (χ3v) is 16.7. The zero-order chi connectivity index (χ0) is 30.4. The molecule has 1 saturated carbocycles. The molecular formula is C32H54O7Si2. The van der Waals surface area contributed by atoms with E-state index in [0.717, 1.165) is 42.3 Å². The maximum Gasteiger partial charge on any atom is 0.509 e. The number of hydrogen-bond acceptors (Lipinski definition) is 7. The van der Waals surface area contributed by atoms with Gasteiger partial charge in [0.15, 0.2) is 25.8 Å². The zero-order valence-corrected chi connectivity index (χ0v) is 29.6. The van der Waals surface area contributed by atoms with E-state index in [-0.39, 0.29) is 24.2 Å². The summed E-state index contributed by atoms with van der Waals surface area (Å²) in [6.45, 7) is 26.4. The van der Waals surface area contributed by atoms with Crippen LogP contribution < -0.4 is 0 Å². The topological polar surface area (TPSA) is 72.5 Å². The van der Waals surface area contributed by atoms with Gasteiger partial charge in [0.1, 0.15) is 6.10 Å². The van der Waals surface area contributed by atoms with Gasteiger partial charge in [-0.05, 0) is 88.6 Å². The van der Waals surface area contributed by atoms with Gasteiger partial charge in [0, 0.05) is 17.3 Å². The van der Waals surface area contributed by atoms with Gasteiger partial charge in [-0.25, -0.2) is 4.79 Å². The van der Waals surface area contributed by atoms with Crippen molar-refractivity contribution in [2.45, 2.75) is 155 Å². The van der Waals surface area contributed by atoms with Crippen molar-refractivity contribution in [3.63, 3.8) is 0 Å². The molecule has 3 aliphatic carbocycles. The number of carbonyl (C=O) groups is 1. The molecule has 0 aromatic carbocycles. The maximum atomic E-state index is 13.4. The van der Waals surface area contributed by atoms with Gasteiger partial charge in [0.25, 0.3) is 0 Å². The molecule has 7 nitrogen and oxygen atoms in total. The molecule has 232 valence electrons. The number of allylic oxidation sites excluding steroid dienone is 1. The fraction of sp³-hybridized carbons (Fsp3) is 0.844. The van der Waals surface area contributed by atoms with Crippen LogP contribution in [0.25, 0.3) is 0 Å². The van der Waals surface area contributed by atoms with Gasteiger partial charge in [-0.2, -0.15) is 0 Å². The van der Waals surface area contributed by atoms with Crippen molar-refractivity contribution in [3.8, 4) is 0 Å². The van der Waals surface area contributed by atoms with Crippen molar-refractivity contribution in [1.82, 2.24) is 0 Å². The second-order valence-electron chi connectivity index (χ2n) is 15.4. The molecule has 5 aliphatic rings. The zero-order valence-electron chi connectivity index (χ0n) is 27.6. The first-order valence-corrected chi connectivity index (χ1v) is 21.9. The number of rotatable bonds is 7. The third kappa shape index (κ3) is 4.71. The Morgan fingerprint density at radius 3 is 2.20 bits per heavy atom. The summed E-state index contributed by atoms with van der Waals surface area (Å²) in [4.78, 5) is 13.4. The van der Waals surface area contributed by atoms with Crippen LogP contribution in [0.3, 0.4) is 0 Å². The van der Waals surface area contributed by atoms with Crippen LogP contribution in [-0.2, 0) is 27.8 Å². The Morgan fingerprint density at radius 1 is 0.976 bits per heavy atom. The van der Waals surface area contributed by atoms with Crippen LogP contribution in [0.2, 0.25) is 37.8 Å². The minimum absolute atomic E-state index is 0.187. The molecule has 0 radical (unpaired) electrons. The predicted octanol–water partition coefficient (Wildman–Crippen LogP) is 8.08. The largest absolute Gasteiger partial charge is 0.547 e. The van der Waals surface area contributed by atoms with Gasteiger partial charge < -0.3 is 27.8 Å². The highest BCUT2D eigenvalue weighted by Gasteiger charge is 2.74. The van der Waals surface area contributed by atoms with Gasteiger partial charge in [0.2, 0.25) is 8.32 Å². The molecule has 0 unspecified atom stereocenters. The van der Waals surface area contributed by atoms with Crippen molar-refractivity contribution in [2.24, 2.45) is 16.7 Å². The molecule has 41 heavy (non-hydrogen) atoms. The van der Waals surface area contributed by atoms with Gasteiger partial charge in [-0.1, -0.05) is 41.5 Å². The molecular weight excluding hydrogens is 553 g/mol. The summed E-state index contributed by atoms with van der Waals surface area (Å²) in [5.74, 6) is -0.0696. The Bertz CT molecular complexity index is 1130. The van der Waals surface area contributed by atoms with Crippen LogP contribution in [0.15, 0.2) is 23.0 Å². The first-order valence-electron chi connectivity index (χ1n) is 15.9. The van der Waals surface area contributed by atoms with E-state index < -0.39 is 51.1 Å². The van der Waals surface area contributed by atoms with Crippen molar-refractivity contribution >= 4 is 22.8 Å². The van der Waals surface area contributed by atoms with E-state index in [2.05, 4.69) is 74.2 Å². The average molecular weight is 607 g/mol. The van der Waals surface area contributed by atoms with E-state index in [9.17, 15) is 4.79 Å². The molecule has 2 bridgehead atoms. The molecule has 3 fully saturated rings. The van der Waals surface area contributed by atoms with Gasteiger partial charge in [-0.3, -0.25) is 0 Å². The van der Waals surface area contributed by atoms with E-state index in [1.807, 2.05) is 13.8 Å². The standard InChI is InChI=1S/C32H54O7Si2/c1-13-41(14-2,15-3)39-22-19-32-26(34-28(33)37-32)24-21(38-40(10,11)12)17-16-18-31(24,9)27-25(35-30(7,8)36-27)23(20(22)4)29(32,5)6/h17,22,24-27H,13-16,18-19H2,1-12H3/t22-,24-,25+,26-,27-,31+,32+/m0/s1. The van der Waals surface area contributed by atoms with Crippen LogP contribution in [-0.4, -0.2) is 58.6 Å². The monoisotopic (exact) mass is 606 g/mol. The molecule has 2 saturated heterocycles. The van der Waals surface area contributed by atoms with E-state index in [1.54, 1.807) is 0 Å². The lowest BCUT2D eigenvalue weighted by atomic mass is 9.49. The van der Waals surface area contributed by atoms with Crippen molar-refractivity contribution in [2.75, 3.05) is 0 Å². The third-order valence-electron chi connectivity index (χ3n) is 11.2. The summed E-state index contributed by atoms with van der Waals surface area (Å²) in [6.07, 6.45) is 2.68. The van der Waals surface area contributed by atoms with E-state index in [4.69, 9.17) is 27.8 Å². The molecule has 2 aliphatic heterocycles. The molecule has 0 aromatic heterocycles. The van der Waals surface area contributed by atoms with Crippen molar-refractivity contribution in [3.05, 3.63) is 23.0 Å². The summed E-state index contributed by atoms with van der Waals surface area (Å²) in [7, 11) is -4.01. The average Bonchev–Trinajstić information content (AvgIpc) is 3.36. The number of fused-ring (bicyclic) bond motifs is 6. The lowest BCUT2D eigenvalue weighted by Crippen LogP contribution is -2.68. The first kappa shape index (κ1) is 31.3. The Labute approximate surface area is 249 Å². The fourth-order valence-corrected chi connectivity index (χ4v) is 12.6. The molecule has 5 rings (SSSR count). The lowest BCUT2D eigenvalue weighted by Gasteiger charge is -2.60. The Morgan fingerprint density at radius 2 is 1.61 bits per heavy atom. The summed E-state index contributed by atoms with van der Waals surface area (Å²) in [6, 6.07) is 3.14. The normalized spacial score (nSPS) is 39.5. The molecule has 1 spiro atoms. The van der Waals surface area contributed by atoms with Gasteiger partial charge >= 0.3 is 6.16 Å². The highest BCUT2D eigenvalue weighted by atomic mass is 28.4. The molecule has 0 N–H and O–H groups in total. The second kappa shape index (κ2) is 9.94. The maximum absolute atomic E-state index is 13.4. The summed E-state index contributed by atoms with van der Waals surface area (Å²) < 4.78 is 40.8. The first-order chi connectivity index (χ1) is 18.9. The predicted molar refractivity (Wildman–Crippen MR) is 164 cm³/mol. The smallest absolute Gasteiger partial charge is 0.509 e. The van der Waals surface area contributed by atoms with Crippen LogP contribution in [0.4, 0.5) is 4.79 Å². The molecule has 0 aromatic rings. The van der Waals surface area contributed by atoms with E-state index >= 15 is 0 Å². The lowest BCUT2D eigenvalue weighted by molar-refractivity contribution is -0.173. The Hall–Kier alpha value is -1.14. The molecule has 9 heteroatoms. The quantitative estimate of drug-likeness (QED) is 0.165. The van der Waals surface area contributed by atoms with E-state index in [0.29, 0.717) is 6.42 Å². The van der Waals surface area contributed by atoms with Crippen molar-refractivity contribution < 1.29 is 32.6 Å². The highest BCUT2D eigenvalue weighted by Crippen LogP contribution is 2.66. The van der Waals surface area contributed by atoms with Crippen LogP contribution >= 0.6 is 0 Å². The highest BCUT2D eigenvalue weighted by molar-refractivity contribution is 6.73. The minimum atomic E-state index is -2.01. The van der Waals surface area contributed by atoms with Gasteiger partial charge in [-0.15, -0.1) is 0 Å². The summed E-state index contributed by atoms with van der Waals surface area (Å²) in [5, 5.41) is 0. The van der Waals surface area contributed by atoms with Crippen LogP contribution in [0.5, 0.6) is 0 Å². The SMILES string of the molecule is CC[Si](CC)(CC)O[C@H]1C[C@@]23OC(=O)O[C@H]2[C@@H]2C(O[Si](C)(C)C)=CCC[C@@]2(C)[C@H]2OC(C)(C)O[C@@H]2C(=C1C)C3(C)C. The fourth-order valence-electron chi connectivity index (χ4n) is 8.86. The Balaban J connectivity index is 1.79. The van der Waals surface area contributed by atoms with Crippen molar-refractivity contribution in [1.29, 1.82) is 0 Å². The molecule has 7 atom stereocenters. The second-order valence-corrected chi connectivity index (χ2v) is 24.5. The number of hydrogen-bond donors (Lipinski definition) is 0. The summed E-state index contributed by atoms with van der Waals surface area (Å²) >= 11 is 0. The Kier molecular flexibility index (Phi) is 7.59. The molecule has 2 heterocycles. The minimum Gasteiger partial charge on any atom is -0.547 e. The number of carbonyl (C=O) groups excluding carboxylic acids is 1. The van der Waals surface area contributed by atoms with Gasteiger partial charge in [0.05, 0.1) is 23.9 Å². The number of ether oxygens (including phenoxy) is 4. The van der Waals surface area contributed by atoms with Crippen LogP contribution in [0, 0.1) is 16.7 Å².